The van der Waals surface area contributed by atoms with Crippen LogP contribution in [0.15, 0.2) is 35.5 Å². The van der Waals surface area contributed by atoms with Gasteiger partial charge < -0.3 is 5.73 Å². The smallest absolute Gasteiger partial charge is 0.337 e. The molecule has 0 fully saturated rings. The summed E-state index contributed by atoms with van der Waals surface area (Å²) in [5.74, 6) is -2.77. The number of halogens is 2. The molecule has 20 heavy (non-hydrogen) atoms. The summed E-state index contributed by atoms with van der Waals surface area (Å²) in [6, 6.07) is 5.82. The molecule has 0 aliphatic rings. The first-order valence-electron chi connectivity index (χ1n) is 5.29. The third kappa shape index (κ3) is 2.99. The Morgan fingerprint density at radius 2 is 1.90 bits per heavy atom. The van der Waals surface area contributed by atoms with Crippen LogP contribution in [-0.4, -0.2) is 20.6 Å². The molecule has 2 aromatic rings. The number of thioether (sulfide) groups is 1. The molecule has 2 rings (SSSR count). The van der Waals surface area contributed by atoms with E-state index in [0.717, 1.165) is 6.33 Å². The van der Waals surface area contributed by atoms with Crippen LogP contribution in [0.4, 0.5) is 20.3 Å². The van der Waals surface area contributed by atoms with Crippen molar-refractivity contribution >= 4 is 23.3 Å². The lowest BCUT2D eigenvalue weighted by Crippen LogP contribution is -2.02. The van der Waals surface area contributed by atoms with E-state index in [4.69, 9.17) is 5.73 Å². The molecule has 0 unspecified atom stereocenters. The van der Waals surface area contributed by atoms with Gasteiger partial charge >= 0.3 is 5.69 Å². The molecule has 6 nitrogen and oxygen atoms in total. The van der Waals surface area contributed by atoms with Gasteiger partial charge in [-0.05, 0) is 12.1 Å². The number of benzene rings is 1. The van der Waals surface area contributed by atoms with Gasteiger partial charge in [0.1, 0.15) is 6.33 Å². The molecule has 0 spiro atoms. The Morgan fingerprint density at radius 3 is 2.45 bits per heavy atom. The van der Waals surface area contributed by atoms with E-state index in [0.29, 0.717) is 22.2 Å². The van der Waals surface area contributed by atoms with E-state index in [1.54, 1.807) is 0 Å². The average molecular weight is 298 g/mol. The molecule has 0 radical (unpaired) electrons. The van der Waals surface area contributed by atoms with Crippen molar-refractivity contribution in [3.05, 3.63) is 40.7 Å². The Morgan fingerprint density at radius 1 is 1.25 bits per heavy atom. The van der Waals surface area contributed by atoms with Gasteiger partial charge in [-0.25, -0.2) is 9.97 Å². The maximum Gasteiger partial charge on any atom is 0.337 e. The molecule has 0 aliphatic carbocycles. The van der Waals surface area contributed by atoms with Crippen molar-refractivity contribution in [2.24, 2.45) is 0 Å². The Balaban J connectivity index is 2.42. The second kappa shape index (κ2) is 5.78. The molecule has 2 N–H and O–H groups in total. The maximum atomic E-state index is 12.2. The summed E-state index contributed by atoms with van der Waals surface area (Å²) >= 11 is 0.391. The summed E-state index contributed by atoms with van der Waals surface area (Å²) in [5.41, 5.74) is 5.52. The molecule has 9 heteroatoms. The first kappa shape index (κ1) is 14.1. The Labute approximate surface area is 116 Å². The van der Waals surface area contributed by atoms with E-state index in [1.165, 1.54) is 24.3 Å². The fourth-order valence-electron chi connectivity index (χ4n) is 1.58. The van der Waals surface area contributed by atoms with E-state index in [1.807, 2.05) is 0 Å². The Hall–Kier alpha value is -2.29. The van der Waals surface area contributed by atoms with Crippen molar-refractivity contribution in [1.82, 2.24) is 9.97 Å². The summed E-state index contributed by atoms with van der Waals surface area (Å²) in [6.07, 6.45) is 1.11. The van der Waals surface area contributed by atoms with Crippen LogP contribution in [0.2, 0.25) is 0 Å². The number of hydrogen-bond donors (Lipinski definition) is 1. The quantitative estimate of drug-likeness (QED) is 0.529. The van der Waals surface area contributed by atoms with Gasteiger partial charge in [0.05, 0.1) is 4.92 Å². The monoisotopic (exact) mass is 298 g/mol. The molecular formula is C11H8F2N4O2S. The molecule has 0 atom stereocenters. The predicted molar refractivity (Wildman–Crippen MR) is 70.4 cm³/mol. The van der Waals surface area contributed by atoms with Crippen molar-refractivity contribution in [3.8, 4) is 11.3 Å². The fourth-order valence-corrected chi connectivity index (χ4v) is 2.08. The van der Waals surface area contributed by atoms with Crippen LogP contribution in [0, 0.1) is 10.1 Å². The van der Waals surface area contributed by atoms with E-state index in [-0.39, 0.29) is 11.5 Å². The molecule has 0 bridgehead atoms. The predicted octanol–water partition coefficient (Wildman–Crippen LogP) is 2.95. The van der Waals surface area contributed by atoms with Crippen LogP contribution < -0.4 is 5.73 Å². The van der Waals surface area contributed by atoms with Gasteiger partial charge in [0.2, 0.25) is 5.82 Å². The zero-order chi connectivity index (χ0) is 14.7. The number of alkyl halides is 2. The lowest BCUT2D eigenvalue weighted by atomic mass is 10.1. The Bertz CT molecular complexity index is 637. The van der Waals surface area contributed by atoms with Crippen molar-refractivity contribution in [2.45, 2.75) is 10.7 Å². The summed E-state index contributed by atoms with van der Waals surface area (Å²) in [6.45, 7) is 0. The number of nitrogens with two attached hydrogens (primary N) is 1. The van der Waals surface area contributed by atoms with Gasteiger partial charge in [-0.2, -0.15) is 8.78 Å². The number of nitrogen functional groups attached to an aromatic ring is 1. The largest absolute Gasteiger partial charge is 0.378 e. The number of anilines is 1. The molecule has 0 saturated carbocycles. The minimum absolute atomic E-state index is 0.0519. The summed E-state index contributed by atoms with van der Waals surface area (Å²) < 4.78 is 24.4. The van der Waals surface area contributed by atoms with Crippen LogP contribution in [-0.2, 0) is 0 Å². The zero-order valence-electron chi connectivity index (χ0n) is 9.86. The third-order valence-corrected chi connectivity index (χ3v) is 3.11. The fraction of sp³-hybridized carbons (Fsp3) is 0.0909. The van der Waals surface area contributed by atoms with E-state index >= 15 is 0 Å². The lowest BCUT2D eigenvalue weighted by Gasteiger charge is -2.05. The second-order valence-electron chi connectivity index (χ2n) is 3.62. The summed E-state index contributed by atoms with van der Waals surface area (Å²) in [4.78, 5) is 18.1. The highest BCUT2D eigenvalue weighted by Crippen LogP contribution is 2.33. The van der Waals surface area contributed by atoms with Gasteiger partial charge in [0.15, 0.2) is 5.69 Å². The van der Waals surface area contributed by atoms with Crippen LogP contribution >= 0.6 is 11.8 Å². The number of rotatable bonds is 4. The van der Waals surface area contributed by atoms with E-state index in [9.17, 15) is 18.9 Å². The van der Waals surface area contributed by atoms with E-state index in [2.05, 4.69) is 9.97 Å². The first-order valence-corrected chi connectivity index (χ1v) is 6.17. The number of nitro groups is 1. The zero-order valence-corrected chi connectivity index (χ0v) is 10.7. The second-order valence-corrected chi connectivity index (χ2v) is 4.68. The van der Waals surface area contributed by atoms with Crippen LogP contribution in [0.1, 0.15) is 0 Å². The van der Waals surface area contributed by atoms with Gasteiger partial charge in [-0.15, -0.1) is 0 Å². The summed E-state index contributed by atoms with van der Waals surface area (Å²) in [7, 11) is 0. The normalized spacial score (nSPS) is 10.8. The van der Waals surface area contributed by atoms with E-state index < -0.39 is 16.4 Å². The number of nitrogens with zero attached hydrogens (tertiary/aromatic N) is 3. The third-order valence-electron chi connectivity index (χ3n) is 2.39. The van der Waals surface area contributed by atoms with Crippen molar-refractivity contribution in [2.75, 3.05) is 5.73 Å². The highest BCUT2D eigenvalue weighted by atomic mass is 32.2. The molecule has 1 aromatic carbocycles. The minimum Gasteiger partial charge on any atom is -0.378 e. The van der Waals surface area contributed by atoms with Gasteiger partial charge in [-0.1, -0.05) is 23.9 Å². The van der Waals surface area contributed by atoms with Crippen LogP contribution in [0.5, 0.6) is 0 Å². The number of hydrogen-bond acceptors (Lipinski definition) is 6. The maximum absolute atomic E-state index is 12.2. The van der Waals surface area contributed by atoms with Crippen LogP contribution in [0.25, 0.3) is 11.3 Å². The molecule has 0 amide bonds. The van der Waals surface area contributed by atoms with Crippen molar-refractivity contribution in [3.63, 3.8) is 0 Å². The highest BCUT2D eigenvalue weighted by molar-refractivity contribution is 7.99. The first-order chi connectivity index (χ1) is 9.49. The lowest BCUT2D eigenvalue weighted by molar-refractivity contribution is -0.383. The molecule has 1 heterocycles. The van der Waals surface area contributed by atoms with Gasteiger partial charge in [0.25, 0.3) is 5.76 Å². The van der Waals surface area contributed by atoms with Crippen molar-refractivity contribution in [1.29, 1.82) is 0 Å². The SMILES string of the molecule is Nc1ncnc(-c2ccc(SC(F)F)cc2)c1[N+](=O)[O-]. The molecule has 0 aliphatic heterocycles. The summed E-state index contributed by atoms with van der Waals surface area (Å²) in [5, 5.41) is 11.0. The number of aromatic nitrogens is 2. The van der Waals surface area contributed by atoms with Crippen molar-refractivity contribution < 1.29 is 13.7 Å². The minimum atomic E-state index is -2.52. The Kier molecular flexibility index (Phi) is 4.08. The average Bonchev–Trinajstić information content (AvgIpc) is 2.38. The highest BCUT2D eigenvalue weighted by Gasteiger charge is 2.22. The molecule has 104 valence electrons. The standard InChI is InChI=1S/C11H8F2N4O2S/c12-11(13)20-7-3-1-6(2-4-7)8-9(17(18)19)10(14)16-5-15-8/h1-5,11H,(H2,14,15,16). The molecular weight excluding hydrogens is 290 g/mol. The molecule has 1 aromatic heterocycles. The van der Waals surface area contributed by atoms with Crippen LogP contribution in [0.3, 0.4) is 0 Å². The molecule has 0 saturated heterocycles. The van der Waals surface area contributed by atoms with Gasteiger partial charge in [-0.3, -0.25) is 10.1 Å². The van der Waals surface area contributed by atoms with Gasteiger partial charge in [0, 0.05) is 10.5 Å². The topological polar surface area (TPSA) is 94.9 Å².